The van der Waals surface area contributed by atoms with Gasteiger partial charge in [-0.3, -0.25) is 9.83 Å². The molecule has 4 heteroatoms. The highest BCUT2D eigenvalue weighted by atomic mass is 35.5. The highest BCUT2D eigenvalue weighted by molar-refractivity contribution is 6.21. The third-order valence-corrected chi connectivity index (χ3v) is 2.05. The van der Waals surface area contributed by atoms with Crippen LogP contribution in [-0.4, -0.2) is 16.9 Å². The minimum Gasteiger partial charge on any atom is -0.369 e. The van der Waals surface area contributed by atoms with E-state index < -0.39 is 0 Å². The van der Waals surface area contributed by atoms with Crippen molar-refractivity contribution in [2.75, 3.05) is 6.54 Å². The van der Waals surface area contributed by atoms with Gasteiger partial charge >= 0.3 is 0 Å². The number of nitrogens with zero attached hydrogens (tertiary/aromatic N) is 1. The van der Waals surface area contributed by atoms with Gasteiger partial charge in [0.15, 0.2) is 0 Å². The maximum absolute atomic E-state index is 7.04. The molecule has 0 spiro atoms. The lowest BCUT2D eigenvalue weighted by atomic mass is 10.1. The van der Waals surface area contributed by atoms with Crippen molar-refractivity contribution < 1.29 is 0 Å². The third-order valence-electron chi connectivity index (χ3n) is 1.70. The van der Waals surface area contributed by atoms with E-state index in [1.165, 1.54) is 9.98 Å². The van der Waals surface area contributed by atoms with Gasteiger partial charge in [0.05, 0.1) is 0 Å². The number of halogens is 1. The predicted molar refractivity (Wildman–Crippen MR) is 54.6 cm³/mol. The second kappa shape index (κ2) is 4.72. The van der Waals surface area contributed by atoms with Crippen LogP contribution in [0, 0.1) is 5.41 Å². The van der Waals surface area contributed by atoms with Crippen molar-refractivity contribution >= 4 is 17.7 Å². The second-order valence-corrected chi connectivity index (χ2v) is 3.11. The Morgan fingerprint density at radius 2 is 2.00 bits per heavy atom. The molecule has 0 amide bonds. The maximum atomic E-state index is 7.04. The Morgan fingerprint density at radius 3 is 2.54 bits per heavy atom. The molecule has 0 atom stereocenters. The van der Waals surface area contributed by atoms with Gasteiger partial charge < -0.3 is 5.73 Å². The number of benzene rings is 1. The molecule has 0 bridgehead atoms. The minimum absolute atomic E-state index is 0.113. The van der Waals surface area contributed by atoms with Crippen LogP contribution in [0.25, 0.3) is 0 Å². The van der Waals surface area contributed by atoms with Gasteiger partial charge in [0.1, 0.15) is 0 Å². The molecule has 13 heavy (non-hydrogen) atoms. The van der Waals surface area contributed by atoms with Crippen LogP contribution in [0.5, 0.6) is 0 Å². The molecule has 70 valence electrons. The van der Waals surface area contributed by atoms with Crippen LogP contribution in [0.2, 0.25) is 0 Å². The standard InChI is InChI=1S/C9H12ClN3/c10-13(9(11)12)7-6-8-4-2-1-3-5-8/h1-5H,6-7H2,(H3,11,12). The van der Waals surface area contributed by atoms with Crippen LogP contribution in [0.1, 0.15) is 5.56 Å². The molecule has 0 aliphatic rings. The van der Waals surface area contributed by atoms with E-state index in [0.717, 1.165) is 6.42 Å². The first-order valence-corrected chi connectivity index (χ1v) is 4.35. The zero-order valence-electron chi connectivity index (χ0n) is 7.20. The van der Waals surface area contributed by atoms with E-state index in [-0.39, 0.29) is 5.96 Å². The van der Waals surface area contributed by atoms with Gasteiger partial charge in [0.2, 0.25) is 5.96 Å². The van der Waals surface area contributed by atoms with E-state index in [1.54, 1.807) is 0 Å². The van der Waals surface area contributed by atoms with Crippen molar-refractivity contribution in [1.29, 1.82) is 5.41 Å². The quantitative estimate of drug-likeness (QED) is 0.439. The Morgan fingerprint density at radius 1 is 1.38 bits per heavy atom. The summed E-state index contributed by atoms with van der Waals surface area (Å²) in [6.07, 6.45) is 0.796. The Kier molecular flexibility index (Phi) is 3.58. The summed E-state index contributed by atoms with van der Waals surface area (Å²) >= 11 is 5.65. The first kappa shape index (κ1) is 9.86. The molecule has 1 aromatic carbocycles. The van der Waals surface area contributed by atoms with Gasteiger partial charge in [0.25, 0.3) is 0 Å². The van der Waals surface area contributed by atoms with Gasteiger partial charge in [0, 0.05) is 18.3 Å². The fraction of sp³-hybridized carbons (Fsp3) is 0.222. The monoisotopic (exact) mass is 197 g/mol. The van der Waals surface area contributed by atoms with Crippen LogP contribution in [0.15, 0.2) is 30.3 Å². The molecule has 0 fully saturated rings. The molecule has 1 aromatic rings. The lowest BCUT2D eigenvalue weighted by Crippen LogP contribution is -2.30. The molecular formula is C9H12ClN3. The molecule has 0 heterocycles. The minimum atomic E-state index is -0.113. The predicted octanol–water partition coefficient (Wildman–Crippen LogP) is 1.58. The number of hydrogen-bond donors (Lipinski definition) is 2. The molecule has 0 unspecified atom stereocenters. The number of rotatable bonds is 3. The molecule has 3 nitrogen and oxygen atoms in total. The topological polar surface area (TPSA) is 53.1 Å². The van der Waals surface area contributed by atoms with Crippen molar-refractivity contribution in [3.8, 4) is 0 Å². The van der Waals surface area contributed by atoms with E-state index in [1.807, 2.05) is 30.3 Å². The summed E-state index contributed by atoms with van der Waals surface area (Å²) in [5, 5.41) is 7.04. The summed E-state index contributed by atoms with van der Waals surface area (Å²) in [5.41, 5.74) is 6.37. The molecule has 0 radical (unpaired) electrons. The fourth-order valence-corrected chi connectivity index (χ4v) is 1.08. The molecule has 3 N–H and O–H groups in total. The zero-order chi connectivity index (χ0) is 9.68. The highest BCUT2D eigenvalue weighted by Gasteiger charge is 2.01. The Hall–Kier alpha value is -1.22. The van der Waals surface area contributed by atoms with E-state index in [0.29, 0.717) is 6.54 Å². The summed E-state index contributed by atoms with van der Waals surface area (Å²) in [6.45, 7) is 0.556. The lowest BCUT2D eigenvalue weighted by molar-refractivity contribution is 0.638. The van der Waals surface area contributed by atoms with Crippen molar-refractivity contribution in [2.45, 2.75) is 6.42 Å². The largest absolute Gasteiger partial charge is 0.369 e. The second-order valence-electron chi connectivity index (χ2n) is 2.71. The van der Waals surface area contributed by atoms with Crippen LogP contribution in [0.3, 0.4) is 0 Å². The van der Waals surface area contributed by atoms with Gasteiger partial charge in [-0.1, -0.05) is 30.3 Å². The number of guanidine groups is 1. The lowest BCUT2D eigenvalue weighted by Gasteiger charge is -2.12. The summed E-state index contributed by atoms with van der Waals surface area (Å²) in [4.78, 5) is 0. The van der Waals surface area contributed by atoms with Crippen molar-refractivity contribution in [1.82, 2.24) is 4.42 Å². The highest BCUT2D eigenvalue weighted by Crippen LogP contribution is 2.02. The average Bonchev–Trinajstić information content (AvgIpc) is 2.15. The summed E-state index contributed by atoms with van der Waals surface area (Å²) in [6, 6.07) is 9.95. The van der Waals surface area contributed by atoms with Crippen LogP contribution < -0.4 is 5.73 Å². The molecular weight excluding hydrogens is 186 g/mol. The smallest absolute Gasteiger partial charge is 0.203 e. The molecule has 0 aliphatic carbocycles. The van der Waals surface area contributed by atoms with E-state index >= 15 is 0 Å². The van der Waals surface area contributed by atoms with E-state index in [4.69, 9.17) is 22.9 Å². The summed E-state index contributed by atoms with van der Waals surface area (Å²) in [5.74, 6) is -0.113. The van der Waals surface area contributed by atoms with Gasteiger partial charge in [-0.15, -0.1) is 0 Å². The number of nitrogens with two attached hydrogens (primary N) is 1. The zero-order valence-corrected chi connectivity index (χ0v) is 7.96. The first-order chi connectivity index (χ1) is 6.20. The van der Waals surface area contributed by atoms with Crippen LogP contribution in [-0.2, 0) is 6.42 Å². The van der Waals surface area contributed by atoms with Gasteiger partial charge in [-0.05, 0) is 12.0 Å². The third kappa shape index (κ3) is 3.34. The summed E-state index contributed by atoms with van der Waals surface area (Å²) < 4.78 is 1.20. The van der Waals surface area contributed by atoms with E-state index in [2.05, 4.69) is 0 Å². The van der Waals surface area contributed by atoms with Gasteiger partial charge in [-0.25, -0.2) is 0 Å². The normalized spacial score (nSPS) is 9.62. The average molecular weight is 198 g/mol. The molecule has 0 aliphatic heterocycles. The maximum Gasteiger partial charge on any atom is 0.203 e. The first-order valence-electron chi connectivity index (χ1n) is 4.01. The molecule has 0 saturated heterocycles. The van der Waals surface area contributed by atoms with Crippen molar-refractivity contribution in [2.24, 2.45) is 5.73 Å². The Bertz CT molecular complexity index is 273. The SMILES string of the molecule is N=C(N)N(Cl)CCc1ccccc1. The van der Waals surface area contributed by atoms with Crippen molar-refractivity contribution in [3.05, 3.63) is 35.9 Å². The number of nitrogens with one attached hydrogen (secondary N) is 1. The fourth-order valence-electron chi connectivity index (χ4n) is 0.992. The molecule has 0 saturated carbocycles. The van der Waals surface area contributed by atoms with Crippen LogP contribution >= 0.6 is 11.8 Å². The molecule has 0 aromatic heterocycles. The van der Waals surface area contributed by atoms with Crippen LogP contribution in [0.4, 0.5) is 0 Å². The summed E-state index contributed by atoms with van der Waals surface area (Å²) in [7, 11) is 0. The molecule has 1 rings (SSSR count). The number of hydrogen-bond acceptors (Lipinski definition) is 1. The van der Waals surface area contributed by atoms with Gasteiger partial charge in [-0.2, -0.15) is 0 Å². The van der Waals surface area contributed by atoms with E-state index in [9.17, 15) is 0 Å². The van der Waals surface area contributed by atoms with Crippen molar-refractivity contribution in [3.63, 3.8) is 0 Å². The Balaban J connectivity index is 2.39. The Labute approximate surface area is 82.7 Å².